The monoisotopic (exact) mass is 316 g/mol. The number of nitrogen functional groups attached to an aromatic ring is 1. The fourth-order valence-electron chi connectivity index (χ4n) is 2.64. The molecule has 0 spiro atoms. The molecule has 1 saturated heterocycles. The lowest BCUT2D eigenvalue weighted by Crippen LogP contribution is -2.29. The van der Waals surface area contributed by atoms with Crippen molar-refractivity contribution in [1.82, 2.24) is 0 Å². The molecule has 1 unspecified atom stereocenters. The zero-order chi connectivity index (χ0) is 15.4. The molecule has 0 aromatic heterocycles. The van der Waals surface area contributed by atoms with Gasteiger partial charge in [-0.25, -0.2) is 4.21 Å². The first-order chi connectivity index (χ1) is 10.7. The summed E-state index contributed by atoms with van der Waals surface area (Å²) in [6.07, 6.45) is 3.72. The van der Waals surface area contributed by atoms with Gasteiger partial charge in [0.15, 0.2) is 0 Å². The molecule has 0 bridgehead atoms. The van der Waals surface area contributed by atoms with Crippen LogP contribution in [-0.2, 0) is 11.1 Å². The summed E-state index contributed by atoms with van der Waals surface area (Å²) in [5, 5.41) is 0. The van der Waals surface area contributed by atoms with Gasteiger partial charge in [0.2, 0.25) is 11.1 Å². The highest BCUT2D eigenvalue weighted by Crippen LogP contribution is 2.27. The van der Waals surface area contributed by atoms with Crippen molar-refractivity contribution < 1.29 is 8.39 Å². The molecule has 0 aliphatic carbocycles. The molecular weight excluding hydrogens is 296 g/mol. The highest BCUT2D eigenvalue weighted by Gasteiger charge is 2.15. The molecule has 2 aromatic rings. The Kier molecular flexibility index (Phi) is 4.63. The second-order valence-corrected chi connectivity index (χ2v) is 6.48. The minimum atomic E-state index is -1.60. The topological polar surface area (TPSA) is 55.6 Å². The third-order valence-electron chi connectivity index (χ3n) is 3.81. The summed E-state index contributed by atoms with van der Waals surface area (Å²) in [7, 11) is 0. The molecule has 1 fully saturated rings. The molecule has 0 amide bonds. The molecule has 5 heteroatoms. The van der Waals surface area contributed by atoms with E-state index in [9.17, 15) is 4.21 Å². The van der Waals surface area contributed by atoms with E-state index in [1.165, 1.54) is 19.3 Å². The Morgan fingerprint density at radius 2 is 1.73 bits per heavy atom. The predicted octanol–water partition coefficient (Wildman–Crippen LogP) is 3.36. The van der Waals surface area contributed by atoms with Gasteiger partial charge in [-0.2, -0.15) is 0 Å². The van der Waals surface area contributed by atoms with E-state index in [1.54, 1.807) is 18.2 Å². The van der Waals surface area contributed by atoms with E-state index in [4.69, 9.17) is 9.92 Å². The third-order valence-corrected chi connectivity index (χ3v) is 4.88. The molecule has 2 aromatic carbocycles. The van der Waals surface area contributed by atoms with Crippen LogP contribution in [0.2, 0.25) is 0 Å². The van der Waals surface area contributed by atoms with Crippen LogP contribution in [0.3, 0.4) is 0 Å². The van der Waals surface area contributed by atoms with E-state index in [2.05, 4.69) is 4.90 Å². The zero-order valence-corrected chi connectivity index (χ0v) is 13.2. The molecule has 3 rings (SSSR count). The van der Waals surface area contributed by atoms with E-state index in [0.717, 1.165) is 18.8 Å². The van der Waals surface area contributed by atoms with Crippen molar-refractivity contribution in [3.63, 3.8) is 0 Å². The third kappa shape index (κ3) is 3.42. The number of hydrogen-bond acceptors (Lipinski definition) is 4. The van der Waals surface area contributed by atoms with Gasteiger partial charge in [-0.3, -0.25) is 0 Å². The summed E-state index contributed by atoms with van der Waals surface area (Å²) >= 11 is -1.60. The van der Waals surface area contributed by atoms with Gasteiger partial charge in [0.1, 0.15) is 10.6 Å². The smallest absolute Gasteiger partial charge is 0.242 e. The molecule has 0 radical (unpaired) electrons. The lowest BCUT2D eigenvalue weighted by atomic mass is 10.1. The van der Waals surface area contributed by atoms with Crippen LogP contribution in [0.1, 0.15) is 19.3 Å². The minimum Gasteiger partial charge on any atom is -0.398 e. The Bertz CT molecular complexity index is 655. The van der Waals surface area contributed by atoms with Gasteiger partial charge in [-0.05, 0) is 49.6 Å². The summed E-state index contributed by atoms with van der Waals surface area (Å²) in [5.41, 5.74) is 7.69. The number of benzene rings is 2. The number of hydrogen-bond donors (Lipinski definition) is 1. The fourth-order valence-corrected chi connectivity index (χ4v) is 3.45. The van der Waals surface area contributed by atoms with Crippen molar-refractivity contribution >= 4 is 22.5 Å². The molecule has 22 heavy (non-hydrogen) atoms. The second kappa shape index (κ2) is 6.83. The van der Waals surface area contributed by atoms with E-state index < -0.39 is 11.1 Å². The maximum absolute atomic E-state index is 12.3. The van der Waals surface area contributed by atoms with Gasteiger partial charge >= 0.3 is 0 Å². The van der Waals surface area contributed by atoms with Crippen LogP contribution in [0.25, 0.3) is 0 Å². The molecule has 1 atom stereocenters. The quantitative estimate of drug-likeness (QED) is 0.879. The van der Waals surface area contributed by atoms with Gasteiger partial charge in [0, 0.05) is 18.8 Å². The minimum absolute atomic E-state index is 0.511. The van der Waals surface area contributed by atoms with Crippen molar-refractivity contribution in [3.8, 4) is 5.75 Å². The SMILES string of the molecule is Nc1cc(N2CCCCC2)ccc1S(=O)Oc1ccccc1. The number of nitrogens with zero attached hydrogens (tertiary/aromatic N) is 1. The van der Waals surface area contributed by atoms with E-state index in [-0.39, 0.29) is 0 Å². The molecule has 1 aliphatic rings. The normalized spacial score (nSPS) is 16.3. The number of piperidine rings is 1. The number of rotatable bonds is 4. The van der Waals surface area contributed by atoms with Crippen LogP contribution in [0.15, 0.2) is 53.4 Å². The first-order valence-electron chi connectivity index (χ1n) is 7.54. The summed E-state index contributed by atoms with van der Waals surface area (Å²) in [5.74, 6) is 0.570. The van der Waals surface area contributed by atoms with Gasteiger partial charge in [0.05, 0.1) is 5.69 Å². The van der Waals surface area contributed by atoms with Crippen molar-refractivity contribution in [1.29, 1.82) is 0 Å². The van der Waals surface area contributed by atoms with Crippen molar-refractivity contribution in [2.75, 3.05) is 23.7 Å². The van der Waals surface area contributed by atoms with Crippen LogP contribution < -0.4 is 14.8 Å². The number of para-hydroxylation sites is 1. The Morgan fingerprint density at radius 1 is 1.00 bits per heavy atom. The maximum Gasteiger partial charge on any atom is 0.242 e. The summed E-state index contributed by atoms with van der Waals surface area (Å²) < 4.78 is 17.8. The Hall–Kier alpha value is -2.01. The summed E-state index contributed by atoms with van der Waals surface area (Å²) in [6, 6.07) is 14.8. The van der Waals surface area contributed by atoms with Crippen LogP contribution in [0.4, 0.5) is 11.4 Å². The molecule has 1 aliphatic heterocycles. The van der Waals surface area contributed by atoms with Gasteiger partial charge in [0.25, 0.3) is 0 Å². The summed E-state index contributed by atoms with van der Waals surface area (Å²) in [6.45, 7) is 2.12. The lowest BCUT2D eigenvalue weighted by molar-refractivity contribution is 0.562. The molecule has 116 valence electrons. The van der Waals surface area contributed by atoms with E-state index in [0.29, 0.717) is 16.3 Å². The first-order valence-corrected chi connectivity index (χ1v) is 8.61. The predicted molar refractivity (Wildman–Crippen MR) is 90.4 cm³/mol. The maximum atomic E-state index is 12.3. The van der Waals surface area contributed by atoms with E-state index >= 15 is 0 Å². The number of nitrogens with two attached hydrogens (primary N) is 1. The van der Waals surface area contributed by atoms with Gasteiger partial charge in [-0.15, -0.1) is 0 Å². The second-order valence-electron chi connectivity index (χ2n) is 5.40. The lowest BCUT2D eigenvalue weighted by Gasteiger charge is -2.29. The van der Waals surface area contributed by atoms with Crippen molar-refractivity contribution in [3.05, 3.63) is 48.5 Å². The highest BCUT2D eigenvalue weighted by atomic mass is 32.2. The van der Waals surface area contributed by atoms with Gasteiger partial charge in [-0.1, -0.05) is 18.2 Å². The van der Waals surface area contributed by atoms with Crippen LogP contribution >= 0.6 is 0 Å². The molecule has 1 heterocycles. The largest absolute Gasteiger partial charge is 0.398 e. The average Bonchev–Trinajstić information content (AvgIpc) is 2.56. The van der Waals surface area contributed by atoms with Crippen LogP contribution in [-0.4, -0.2) is 17.3 Å². The van der Waals surface area contributed by atoms with E-state index in [1.807, 2.05) is 30.3 Å². The summed E-state index contributed by atoms with van der Waals surface area (Å²) in [4.78, 5) is 2.84. The molecular formula is C17H20N2O2S. The Balaban J connectivity index is 1.75. The molecule has 2 N–H and O–H groups in total. The molecule has 4 nitrogen and oxygen atoms in total. The standard InChI is InChI=1S/C17H20N2O2S/c18-16-13-14(19-11-5-2-6-12-19)9-10-17(16)22(20)21-15-7-3-1-4-8-15/h1,3-4,7-10,13H,2,5-6,11-12,18H2. The Labute approximate surface area is 133 Å². The molecule has 0 saturated carbocycles. The fraction of sp³-hybridized carbons (Fsp3) is 0.294. The van der Waals surface area contributed by atoms with Crippen molar-refractivity contribution in [2.45, 2.75) is 24.2 Å². The van der Waals surface area contributed by atoms with Crippen molar-refractivity contribution in [2.24, 2.45) is 0 Å². The number of anilines is 2. The average molecular weight is 316 g/mol. The Morgan fingerprint density at radius 3 is 2.41 bits per heavy atom. The van der Waals surface area contributed by atoms with Crippen LogP contribution in [0.5, 0.6) is 5.75 Å². The van der Waals surface area contributed by atoms with Gasteiger partial charge < -0.3 is 14.8 Å². The first kappa shape index (κ1) is 14.9. The van der Waals surface area contributed by atoms with Crippen LogP contribution in [0, 0.1) is 0 Å². The highest BCUT2D eigenvalue weighted by molar-refractivity contribution is 7.80. The zero-order valence-electron chi connectivity index (χ0n) is 12.4.